The average molecular weight is 324 g/mol. The molecule has 0 saturated carbocycles. The lowest BCUT2D eigenvalue weighted by atomic mass is 10.2. The summed E-state index contributed by atoms with van der Waals surface area (Å²) in [5.41, 5.74) is 1.62. The van der Waals surface area contributed by atoms with Gasteiger partial charge in [0, 0.05) is 29.9 Å². The normalized spacial score (nSPS) is 10.2. The zero-order valence-corrected chi connectivity index (χ0v) is 11.6. The van der Waals surface area contributed by atoms with E-state index in [4.69, 9.17) is 4.74 Å². The highest BCUT2D eigenvalue weighted by molar-refractivity contribution is 9.08. The summed E-state index contributed by atoms with van der Waals surface area (Å²) in [6, 6.07) is 4.58. The topological polar surface area (TPSA) is 78.2 Å². The van der Waals surface area contributed by atoms with E-state index in [1.165, 1.54) is 18.2 Å². The molecule has 6 nitrogen and oxygen atoms in total. The first-order valence-electron chi connectivity index (χ1n) is 5.40. The Morgan fingerprint density at radius 3 is 2.58 bits per heavy atom. The molecule has 0 amide bonds. The fourth-order valence-corrected chi connectivity index (χ4v) is 1.71. The van der Waals surface area contributed by atoms with Crippen LogP contribution in [0.15, 0.2) is 30.6 Å². The monoisotopic (exact) mass is 323 g/mol. The molecule has 0 aliphatic heterocycles. The van der Waals surface area contributed by atoms with Crippen LogP contribution in [0, 0.1) is 17.0 Å². The summed E-state index contributed by atoms with van der Waals surface area (Å²) in [5, 5.41) is 11.3. The van der Waals surface area contributed by atoms with E-state index in [9.17, 15) is 10.1 Å². The quantitative estimate of drug-likeness (QED) is 0.489. The lowest BCUT2D eigenvalue weighted by molar-refractivity contribution is -0.384. The van der Waals surface area contributed by atoms with Crippen LogP contribution in [0.4, 0.5) is 5.69 Å². The molecule has 0 aliphatic carbocycles. The van der Waals surface area contributed by atoms with Gasteiger partial charge in [-0.15, -0.1) is 0 Å². The number of non-ortho nitro benzene ring substituents is 1. The average Bonchev–Trinajstić information content (AvgIpc) is 2.41. The molecule has 19 heavy (non-hydrogen) atoms. The molecule has 0 atom stereocenters. The van der Waals surface area contributed by atoms with Gasteiger partial charge >= 0.3 is 6.01 Å². The number of nitro benzene ring substituents is 1. The number of ether oxygens (including phenoxy) is 1. The highest BCUT2D eigenvalue weighted by Crippen LogP contribution is 2.26. The predicted octanol–water partition coefficient (Wildman–Crippen LogP) is 3.38. The van der Waals surface area contributed by atoms with Gasteiger partial charge < -0.3 is 4.74 Å². The van der Waals surface area contributed by atoms with Crippen LogP contribution in [0.3, 0.4) is 0 Å². The summed E-state index contributed by atoms with van der Waals surface area (Å²) < 4.78 is 5.48. The van der Waals surface area contributed by atoms with Gasteiger partial charge in [-0.1, -0.05) is 15.9 Å². The minimum atomic E-state index is -0.446. The lowest BCUT2D eigenvalue weighted by Crippen LogP contribution is -1.95. The van der Waals surface area contributed by atoms with E-state index in [1.54, 1.807) is 19.3 Å². The first-order valence-corrected chi connectivity index (χ1v) is 6.52. The number of benzene rings is 1. The highest BCUT2D eigenvalue weighted by Gasteiger charge is 2.10. The molecule has 2 aromatic rings. The van der Waals surface area contributed by atoms with Crippen molar-refractivity contribution in [3.63, 3.8) is 0 Å². The number of aryl methyl sites for hydroxylation is 1. The Balaban J connectivity index is 2.20. The molecule has 0 fully saturated rings. The van der Waals surface area contributed by atoms with E-state index in [0.717, 1.165) is 5.56 Å². The van der Waals surface area contributed by atoms with Gasteiger partial charge in [-0.3, -0.25) is 10.1 Å². The van der Waals surface area contributed by atoms with Crippen molar-refractivity contribution in [2.45, 2.75) is 12.3 Å². The Kier molecular flexibility index (Phi) is 4.06. The number of nitro groups is 1. The van der Waals surface area contributed by atoms with E-state index >= 15 is 0 Å². The largest absolute Gasteiger partial charge is 0.424 e. The van der Waals surface area contributed by atoms with Gasteiger partial charge in [0.25, 0.3) is 5.69 Å². The molecular formula is C12H10BrN3O3. The number of nitrogens with zero attached hydrogens (tertiary/aromatic N) is 3. The van der Waals surface area contributed by atoms with Gasteiger partial charge in [0.2, 0.25) is 0 Å². The van der Waals surface area contributed by atoms with Gasteiger partial charge in [-0.25, -0.2) is 9.97 Å². The maximum Gasteiger partial charge on any atom is 0.321 e. The maximum atomic E-state index is 10.6. The first-order chi connectivity index (χ1) is 9.10. The second-order valence-corrected chi connectivity index (χ2v) is 4.38. The summed E-state index contributed by atoms with van der Waals surface area (Å²) >= 11 is 3.30. The number of hydrogen-bond donors (Lipinski definition) is 0. The Morgan fingerprint density at radius 1 is 1.37 bits per heavy atom. The van der Waals surface area contributed by atoms with E-state index in [1.807, 2.05) is 0 Å². The van der Waals surface area contributed by atoms with Crippen molar-refractivity contribution in [1.82, 2.24) is 9.97 Å². The number of halogens is 1. The third-order valence-electron chi connectivity index (χ3n) is 2.41. The molecule has 1 heterocycles. The van der Waals surface area contributed by atoms with Crippen molar-refractivity contribution in [1.29, 1.82) is 0 Å². The molecule has 0 radical (unpaired) electrons. The molecule has 1 aromatic carbocycles. The van der Waals surface area contributed by atoms with Crippen LogP contribution in [0.5, 0.6) is 11.8 Å². The second kappa shape index (κ2) is 5.75. The van der Waals surface area contributed by atoms with Gasteiger partial charge in [0.15, 0.2) is 0 Å². The maximum absolute atomic E-state index is 10.6. The molecule has 0 spiro atoms. The molecule has 0 unspecified atom stereocenters. The Bertz CT molecular complexity index is 602. The van der Waals surface area contributed by atoms with Crippen molar-refractivity contribution in [2.75, 3.05) is 0 Å². The fraction of sp³-hybridized carbons (Fsp3) is 0.167. The first kappa shape index (κ1) is 13.4. The molecule has 0 saturated heterocycles. The van der Waals surface area contributed by atoms with Crippen molar-refractivity contribution < 1.29 is 9.66 Å². The molecule has 0 aliphatic rings. The number of alkyl halides is 1. The molecule has 0 N–H and O–H groups in total. The predicted molar refractivity (Wildman–Crippen MR) is 72.6 cm³/mol. The molecule has 0 bridgehead atoms. The smallest absolute Gasteiger partial charge is 0.321 e. The summed E-state index contributed by atoms with van der Waals surface area (Å²) in [7, 11) is 0. The minimum absolute atomic E-state index is 0.0282. The Labute approximate surface area is 117 Å². The van der Waals surface area contributed by atoms with Crippen molar-refractivity contribution in [3.8, 4) is 11.8 Å². The minimum Gasteiger partial charge on any atom is -0.424 e. The van der Waals surface area contributed by atoms with Gasteiger partial charge in [0.05, 0.1) is 4.92 Å². The molecule has 7 heteroatoms. The fourth-order valence-electron chi connectivity index (χ4n) is 1.42. The summed E-state index contributed by atoms with van der Waals surface area (Å²) in [4.78, 5) is 18.3. The molecule has 1 aromatic heterocycles. The Morgan fingerprint density at radius 2 is 2.05 bits per heavy atom. The van der Waals surface area contributed by atoms with E-state index in [0.29, 0.717) is 16.6 Å². The van der Waals surface area contributed by atoms with Crippen molar-refractivity contribution in [3.05, 3.63) is 51.8 Å². The van der Waals surface area contributed by atoms with E-state index in [2.05, 4.69) is 25.9 Å². The molecule has 98 valence electrons. The van der Waals surface area contributed by atoms with Crippen LogP contribution >= 0.6 is 15.9 Å². The molecule has 2 rings (SSSR count). The summed E-state index contributed by atoms with van der Waals surface area (Å²) in [5.74, 6) is 0.497. The SMILES string of the molecule is Cc1cc([N+](=O)[O-])ccc1Oc1ncc(CBr)cn1. The third-order valence-corrected chi connectivity index (χ3v) is 3.05. The molecular weight excluding hydrogens is 314 g/mol. The van der Waals surface area contributed by atoms with Crippen LogP contribution in [-0.4, -0.2) is 14.9 Å². The van der Waals surface area contributed by atoms with Gasteiger partial charge in [0.1, 0.15) is 5.75 Å². The van der Waals surface area contributed by atoms with Crippen LogP contribution in [0.25, 0.3) is 0 Å². The summed E-state index contributed by atoms with van der Waals surface area (Å²) in [6.45, 7) is 1.73. The van der Waals surface area contributed by atoms with E-state index in [-0.39, 0.29) is 11.7 Å². The lowest BCUT2D eigenvalue weighted by Gasteiger charge is -2.06. The van der Waals surface area contributed by atoms with Crippen LogP contribution in [0.1, 0.15) is 11.1 Å². The van der Waals surface area contributed by atoms with Crippen molar-refractivity contribution in [2.24, 2.45) is 0 Å². The summed E-state index contributed by atoms with van der Waals surface area (Å²) in [6.07, 6.45) is 3.30. The van der Waals surface area contributed by atoms with Crippen LogP contribution < -0.4 is 4.74 Å². The van der Waals surface area contributed by atoms with Crippen LogP contribution in [0.2, 0.25) is 0 Å². The Hall–Kier alpha value is -2.02. The third kappa shape index (κ3) is 3.25. The number of hydrogen-bond acceptors (Lipinski definition) is 5. The van der Waals surface area contributed by atoms with Gasteiger partial charge in [-0.2, -0.15) is 0 Å². The zero-order valence-electron chi connectivity index (χ0n) is 10.0. The highest BCUT2D eigenvalue weighted by atomic mass is 79.9. The van der Waals surface area contributed by atoms with Crippen LogP contribution in [-0.2, 0) is 5.33 Å². The second-order valence-electron chi connectivity index (χ2n) is 3.82. The van der Waals surface area contributed by atoms with E-state index < -0.39 is 4.92 Å². The zero-order chi connectivity index (χ0) is 13.8. The standard InChI is InChI=1S/C12H10BrN3O3/c1-8-4-10(16(17)18)2-3-11(8)19-12-14-6-9(5-13)7-15-12/h2-4,6-7H,5H2,1H3. The number of aromatic nitrogens is 2. The van der Waals surface area contributed by atoms with Gasteiger partial charge in [-0.05, 0) is 24.1 Å². The number of rotatable bonds is 4. The van der Waals surface area contributed by atoms with Crippen molar-refractivity contribution >= 4 is 21.6 Å².